The molecule has 0 bridgehead atoms. The van der Waals surface area contributed by atoms with Crippen LogP contribution in [0.2, 0.25) is 0 Å². The van der Waals surface area contributed by atoms with Crippen LogP contribution in [0.25, 0.3) is 44.1 Å². The van der Waals surface area contributed by atoms with E-state index < -0.39 is 0 Å². The molecule has 1 aromatic heterocycles. The maximum Gasteiger partial charge on any atom is 0.0495 e. The van der Waals surface area contributed by atoms with E-state index in [0.29, 0.717) is 0 Å². The lowest BCUT2D eigenvalue weighted by Crippen LogP contribution is -1.91. The van der Waals surface area contributed by atoms with Crippen molar-refractivity contribution in [2.24, 2.45) is 7.05 Å². The maximum atomic E-state index is 2.41. The fraction of sp³-hybridized carbons (Fsp3) is 0.314. The van der Waals surface area contributed by atoms with Crippen molar-refractivity contribution in [2.45, 2.75) is 62.2 Å². The van der Waals surface area contributed by atoms with Crippen molar-refractivity contribution in [2.75, 3.05) is 12.5 Å². The van der Waals surface area contributed by atoms with Crippen molar-refractivity contribution in [3.8, 4) is 22.3 Å². The van der Waals surface area contributed by atoms with E-state index in [-0.39, 0.29) is 0 Å². The summed E-state index contributed by atoms with van der Waals surface area (Å²) in [6.07, 6.45) is 11.7. The van der Waals surface area contributed by atoms with Gasteiger partial charge in [-0.15, -0.1) is 23.5 Å². The van der Waals surface area contributed by atoms with Crippen LogP contribution in [-0.2, 0) is 19.9 Å². The van der Waals surface area contributed by atoms with Crippen molar-refractivity contribution in [1.82, 2.24) is 4.57 Å². The van der Waals surface area contributed by atoms with Gasteiger partial charge in [0.05, 0.1) is 0 Å². The fourth-order valence-electron chi connectivity index (χ4n) is 5.51. The fourth-order valence-corrected chi connectivity index (χ4v) is 6.77. The summed E-state index contributed by atoms with van der Waals surface area (Å²) in [6, 6.07) is 28.1. The largest absolute Gasteiger partial charge is 0.344 e. The van der Waals surface area contributed by atoms with Gasteiger partial charge in [-0.05, 0) is 95.8 Å². The van der Waals surface area contributed by atoms with E-state index in [1.807, 2.05) is 23.5 Å². The Morgan fingerprint density at radius 2 is 0.974 bits per heavy atom. The molecule has 0 aliphatic carbocycles. The molecule has 5 rings (SSSR count). The summed E-state index contributed by atoms with van der Waals surface area (Å²) in [6.45, 7) is 4.51. The predicted octanol–water partition coefficient (Wildman–Crippen LogP) is 10.8. The van der Waals surface area contributed by atoms with Crippen LogP contribution in [0, 0.1) is 0 Å². The molecule has 0 spiro atoms. The van der Waals surface area contributed by atoms with Gasteiger partial charge in [-0.2, -0.15) is 0 Å². The van der Waals surface area contributed by atoms with Crippen LogP contribution < -0.4 is 0 Å². The van der Waals surface area contributed by atoms with E-state index in [4.69, 9.17) is 0 Å². The highest BCUT2D eigenvalue weighted by Gasteiger charge is 2.17. The highest BCUT2D eigenvalue weighted by molar-refractivity contribution is 7.99. The number of nitrogens with zero attached hydrogens (tertiary/aromatic N) is 1. The lowest BCUT2D eigenvalue weighted by atomic mass is 9.99. The van der Waals surface area contributed by atoms with Crippen molar-refractivity contribution < 1.29 is 0 Å². The van der Waals surface area contributed by atoms with Gasteiger partial charge < -0.3 is 4.57 Å². The van der Waals surface area contributed by atoms with Crippen LogP contribution >= 0.6 is 23.5 Å². The summed E-state index contributed by atoms with van der Waals surface area (Å²) in [4.78, 5) is 2.67. The van der Waals surface area contributed by atoms with E-state index in [1.54, 1.807) is 0 Å². The predicted molar refractivity (Wildman–Crippen MR) is 172 cm³/mol. The number of aryl methyl sites for hydroxylation is 3. The van der Waals surface area contributed by atoms with Gasteiger partial charge in [0, 0.05) is 38.6 Å². The Bertz CT molecular complexity index is 1430. The van der Waals surface area contributed by atoms with Crippen LogP contribution in [0.1, 0.15) is 50.7 Å². The molecule has 0 amide bonds. The van der Waals surface area contributed by atoms with Gasteiger partial charge in [-0.1, -0.05) is 75.2 Å². The number of rotatable bonds is 10. The van der Waals surface area contributed by atoms with E-state index in [1.165, 1.54) is 90.7 Å². The SMILES string of the molecule is CCCCc1ccc(-c2cc3c(cc2SC)c2cc(SC)c(-c4ccc(CCCC)cc4)cc2n3C)cc1. The number of unbranched alkanes of at least 4 members (excludes halogenated alkanes) is 2. The molecule has 0 saturated heterocycles. The Kier molecular flexibility index (Phi) is 8.55. The molecule has 0 aliphatic rings. The molecule has 196 valence electrons. The molecule has 0 unspecified atom stereocenters. The molecule has 38 heavy (non-hydrogen) atoms. The Hall–Kier alpha value is -2.62. The number of benzene rings is 4. The molecule has 1 heterocycles. The summed E-state index contributed by atoms with van der Waals surface area (Å²) in [5, 5.41) is 2.68. The molecule has 3 heteroatoms. The highest BCUT2D eigenvalue weighted by atomic mass is 32.2. The third-order valence-electron chi connectivity index (χ3n) is 7.82. The summed E-state index contributed by atoms with van der Waals surface area (Å²) < 4.78 is 2.39. The normalized spacial score (nSPS) is 11.6. The van der Waals surface area contributed by atoms with Crippen molar-refractivity contribution >= 4 is 45.3 Å². The van der Waals surface area contributed by atoms with Gasteiger partial charge in [-0.25, -0.2) is 0 Å². The number of thioether (sulfide) groups is 2. The number of hydrogen-bond donors (Lipinski definition) is 0. The minimum Gasteiger partial charge on any atom is -0.344 e. The average Bonchev–Trinajstić information content (AvgIpc) is 3.23. The zero-order valence-electron chi connectivity index (χ0n) is 23.4. The van der Waals surface area contributed by atoms with Crippen LogP contribution in [-0.4, -0.2) is 17.1 Å². The second-order valence-corrected chi connectivity index (χ2v) is 12.0. The zero-order chi connectivity index (χ0) is 26.6. The lowest BCUT2D eigenvalue weighted by Gasteiger charge is -2.11. The smallest absolute Gasteiger partial charge is 0.0495 e. The Labute approximate surface area is 237 Å². The van der Waals surface area contributed by atoms with Gasteiger partial charge in [0.15, 0.2) is 0 Å². The Balaban J connectivity index is 1.61. The van der Waals surface area contributed by atoms with Crippen LogP contribution in [0.5, 0.6) is 0 Å². The quantitative estimate of drug-likeness (QED) is 0.163. The molecule has 0 fully saturated rings. The maximum absolute atomic E-state index is 2.41. The number of hydrogen-bond acceptors (Lipinski definition) is 2. The molecule has 5 aromatic rings. The van der Waals surface area contributed by atoms with Crippen LogP contribution in [0.4, 0.5) is 0 Å². The van der Waals surface area contributed by atoms with Crippen molar-refractivity contribution in [3.05, 3.63) is 83.9 Å². The molecular weight excluding hydrogens is 499 g/mol. The standard InChI is InChI=1S/C35H39NS2/c1-6-8-10-24-12-16-26(17-13-24)28-20-32-30(22-34(28)37-4)31-23-35(38-5)29(21-33(31)36(32)3)27-18-14-25(15-19-27)11-9-7-2/h12-23H,6-11H2,1-5H3. The second kappa shape index (κ2) is 12.1. The average molecular weight is 538 g/mol. The molecular formula is C35H39NS2. The van der Waals surface area contributed by atoms with Crippen molar-refractivity contribution in [1.29, 1.82) is 0 Å². The van der Waals surface area contributed by atoms with Crippen LogP contribution in [0.3, 0.4) is 0 Å². The van der Waals surface area contributed by atoms with Crippen molar-refractivity contribution in [3.63, 3.8) is 0 Å². The van der Waals surface area contributed by atoms with Gasteiger partial charge in [-0.3, -0.25) is 0 Å². The summed E-state index contributed by atoms with van der Waals surface area (Å²) >= 11 is 3.69. The van der Waals surface area contributed by atoms with E-state index >= 15 is 0 Å². The number of aromatic nitrogens is 1. The van der Waals surface area contributed by atoms with E-state index in [9.17, 15) is 0 Å². The molecule has 0 saturated carbocycles. The molecule has 0 radical (unpaired) electrons. The lowest BCUT2D eigenvalue weighted by molar-refractivity contribution is 0.795. The second-order valence-electron chi connectivity index (χ2n) is 10.3. The topological polar surface area (TPSA) is 4.93 Å². The summed E-state index contributed by atoms with van der Waals surface area (Å²) in [5.41, 5.74) is 10.7. The first-order valence-corrected chi connectivity index (χ1v) is 16.4. The van der Waals surface area contributed by atoms with Gasteiger partial charge in [0.1, 0.15) is 0 Å². The first-order chi connectivity index (χ1) is 18.6. The summed E-state index contributed by atoms with van der Waals surface area (Å²) in [5.74, 6) is 0. The minimum absolute atomic E-state index is 1.16. The van der Waals surface area contributed by atoms with Gasteiger partial charge >= 0.3 is 0 Å². The molecule has 4 aromatic carbocycles. The molecule has 0 N–H and O–H groups in total. The Morgan fingerprint density at radius 3 is 1.32 bits per heavy atom. The zero-order valence-corrected chi connectivity index (χ0v) is 25.1. The Morgan fingerprint density at radius 1 is 0.579 bits per heavy atom. The van der Waals surface area contributed by atoms with E-state index in [0.717, 1.165) is 12.8 Å². The van der Waals surface area contributed by atoms with E-state index in [2.05, 4.69) is 111 Å². The minimum atomic E-state index is 1.16. The first kappa shape index (κ1) is 27.0. The van der Waals surface area contributed by atoms with Crippen LogP contribution in [0.15, 0.2) is 82.6 Å². The van der Waals surface area contributed by atoms with Gasteiger partial charge in [0.25, 0.3) is 0 Å². The molecule has 0 atom stereocenters. The summed E-state index contributed by atoms with van der Waals surface area (Å²) in [7, 11) is 2.22. The number of fused-ring (bicyclic) bond motifs is 3. The third kappa shape index (κ3) is 5.28. The molecule has 0 aliphatic heterocycles. The van der Waals surface area contributed by atoms with Gasteiger partial charge in [0.2, 0.25) is 0 Å². The monoisotopic (exact) mass is 537 g/mol. The first-order valence-electron chi connectivity index (χ1n) is 13.9. The highest BCUT2D eigenvalue weighted by Crippen LogP contribution is 2.41. The third-order valence-corrected chi connectivity index (χ3v) is 9.37. The molecule has 1 nitrogen and oxygen atoms in total.